The lowest BCUT2D eigenvalue weighted by Gasteiger charge is -2.53. The van der Waals surface area contributed by atoms with Crippen molar-refractivity contribution in [2.24, 2.45) is 0 Å². The molecule has 0 aromatic carbocycles. The second-order valence-corrected chi connectivity index (χ2v) is 3.08. The Kier molecular flexibility index (Phi) is 1.24. The van der Waals surface area contributed by atoms with Crippen LogP contribution in [0.1, 0.15) is 13.8 Å². The zero-order valence-corrected chi connectivity index (χ0v) is 6.09. The Hall–Kier alpha value is -0.570. The van der Waals surface area contributed by atoms with Crippen molar-refractivity contribution in [2.75, 3.05) is 13.6 Å². The number of hydrogen-bond donors (Lipinski definition) is 0. The Bertz CT molecular complexity index is 133. The molecule has 1 saturated heterocycles. The minimum absolute atomic E-state index is 0.0521. The highest BCUT2D eigenvalue weighted by Crippen LogP contribution is 2.24. The highest BCUT2D eigenvalue weighted by molar-refractivity contribution is 5.49. The van der Waals surface area contributed by atoms with Crippen molar-refractivity contribution in [3.05, 3.63) is 0 Å². The fraction of sp³-hybridized carbons (Fsp3) is 0.833. The third-order valence-corrected chi connectivity index (χ3v) is 1.70. The van der Waals surface area contributed by atoms with Gasteiger partial charge in [-0.15, -0.1) is 0 Å². The summed E-state index contributed by atoms with van der Waals surface area (Å²) in [6.45, 7) is 5.05. The van der Waals surface area contributed by atoms with Crippen LogP contribution in [0.5, 0.6) is 0 Å². The summed E-state index contributed by atoms with van der Waals surface area (Å²) in [5.41, 5.74) is 0.0521. The predicted molar refractivity (Wildman–Crippen MR) is 34.6 cm³/mol. The number of nitrogens with zero attached hydrogens (tertiary/aromatic N) is 2. The number of amides is 1. The molecule has 0 bridgehead atoms. The molecular weight excluding hydrogens is 116 g/mol. The van der Waals surface area contributed by atoms with Crippen molar-refractivity contribution in [3.63, 3.8) is 0 Å². The van der Waals surface area contributed by atoms with Gasteiger partial charge in [-0.3, -0.25) is 9.80 Å². The van der Waals surface area contributed by atoms with Gasteiger partial charge in [0.05, 0.1) is 5.54 Å². The van der Waals surface area contributed by atoms with Gasteiger partial charge < -0.3 is 0 Å². The lowest BCUT2D eigenvalue weighted by molar-refractivity contribution is -0.188. The smallest absolute Gasteiger partial charge is 0.224 e. The van der Waals surface area contributed by atoms with E-state index in [1.54, 1.807) is 5.01 Å². The SMILES string of the molecule is CN1CC(C)(C)N1C=O. The number of carbonyl (C=O) groups is 1. The average Bonchev–Trinajstić information content (AvgIpc) is 1.63. The predicted octanol–water partition coefficient (Wildman–Crippen LogP) is 0.0838. The van der Waals surface area contributed by atoms with Crippen LogP contribution in [-0.2, 0) is 4.79 Å². The number of carbonyl (C=O) groups excluding carboxylic acids is 1. The standard InChI is InChI=1S/C6H12N2O/c1-6(2)4-7(3)8(6)5-9/h5H,4H2,1-3H3. The fourth-order valence-electron chi connectivity index (χ4n) is 1.32. The van der Waals surface area contributed by atoms with Crippen LogP contribution in [0.4, 0.5) is 0 Å². The van der Waals surface area contributed by atoms with E-state index in [-0.39, 0.29) is 5.54 Å². The topological polar surface area (TPSA) is 23.6 Å². The second-order valence-electron chi connectivity index (χ2n) is 3.08. The van der Waals surface area contributed by atoms with Crippen LogP contribution in [0.3, 0.4) is 0 Å². The molecule has 1 amide bonds. The Balaban J connectivity index is 2.57. The van der Waals surface area contributed by atoms with Crippen molar-refractivity contribution >= 4 is 6.41 Å². The summed E-state index contributed by atoms with van der Waals surface area (Å²) in [6.07, 6.45) is 0.865. The molecule has 9 heavy (non-hydrogen) atoms. The molecule has 1 fully saturated rings. The summed E-state index contributed by atoms with van der Waals surface area (Å²) in [4.78, 5) is 10.3. The molecule has 1 aliphatic heterocycles. The molecule has 1 aliphatic rings. The molecule has 0 aromatic rings. The third kappa shape index (κ3) is 0.812. The van der Waals surface area contributed by atoms with Crippen molar-refractivity contribution in [2.45, 2.75) is 19.4 Å². The van der Waals surface area contributed by atoms with Crippen LogP contribution in [0.15, 0.2) is 0 Å². The minimum atomic E-state index is 0.0521. The maximum absolute atomic E-state index is 10.3. The van der Waals surface area contributed by atoms with E-state index in [0.717, 1.165) is 13.0 Å². The van der Waals surface area contributed by atoms with E-state index in [4.69, 9.17) is 0 Å². The van der Waals surface area contributed by atoms with E-state index in [2.05, 4.69) is 0 Å². The van der Waals surface area contributed by atoms with Gasteiger partial charge >= 0.3 is 0 Å². The first-order valence-corrected chi connectivity index (χ1v) is 3.03. The average molecular weight is 128 g/mol. The minimum Gasteiger partial charge on any atom is -0.277 e. The quantitative estimate of drug-likeness (QED) is 0.467. The first-order valence-electron chi connectivity index (χ1n) is 3.03. The third-order valence-electron chi connectivity index (χ3n) is 1.70. The molecule has 1 heterocycles. The number of likely N-dealkylation sites (N-methyl/N-ethyl adjacent to an activating group) is 1. The zero-order valence-electron chi connectivity index (χ0n) is 6.09. The van der Waals surface area contributed by atoms with E-state index in [0.29, 0.717) is 0 Å². The van der Waals surface area contributed by atoms with E-state index in [9.17, 15) is 4.79 Å². The van der Waals surface area contributed by atoms with Crippen molar-refractivity contribution < 1.29 is 4.79 Å². The highest BCUT2D eigenvalue weighted by Gasteiger charge is 2.39. The Morgan fingerprint density at radius 3 is 2.22 bits per heavy atom. The van der Waals surface area contributed by atoms with E-state index in [1.807, 2.05) is 25.9 Å². The molecule has 0 radical (unpaired) electrons. The highest BCUT2D eigenvalue weighted by atomic mass is 16.2. The molecule has 1 rings (SSSR count). The molecule has 0 saturated carbocycles. The van der Waals surface area contributed by atoms with Gasteiger partial charge in [0, 0.05) is 13.6 Å². The van der Waals surface area contributed by atoms with Crippen LogP contribution in [0.2, 0.25) is 0 Å². The van der Waals surface area contributed by atoms with Crippen molar-refractivity contribution in [1.29, 1.82) is 0 Å². The summed E-state index contributed by atoms with van der Waals surface area (Å²) in [5.74, 6) is 0. The lowest BCUT2D eigenvalue weighted by atomic mass is 10.0. The Labute approximate surface area is 55.2 Å². The largest absolute Gasteiger partial charge is 0.277 e. The van der Waals surface area contributed by atoms with Gasteiger partial charge in [0.1, 0.15) is 0 Å². The maximum atomic E-state index is 10.3. The first-order chi connectivity index (χ1) is 4.08. The van der Waals surface area contributed by atoms with E-state index < -0.39 is 0 Å². The summed E-state index contributed by atoms with van der Waals surface area (Å²) < 4.78 is 0. The number of rotatable bonds is 1. The molecule has 0 aliphatic carbocycles. The number of hydrogen-bond acceptors (Lipinski definition) is 2. The summed E-state index contributed by atoms with van der Waals surface area (Å²) >= 11 is 0. The Morgan fingerprint density at radius 1 is 1.56 bits per heavy atom. The van der Waals surface area contributed by atoms with Gasteiger partial charge in [-0.2, -0.15) is 0 Å². The zero-order chi connectivity index (χ0) is 7.07. The molecule has 0 atom stereocenters. The van der Waals surface area contributed by atoms with Crippen LogP contribution in [0.25, 0.3) is 0 Å². The molecule has 52 valence electrons. The second kappa shape index (κ2) is 1.70. The van der Waals surface area contributed by atoms with Crippen LogP contribution in [0, 0.1) is 0 Å². The fourth-order valence-corrected chi connectivity index (χ4v) is 1.32. The lowest BCUT2D eigenvalue weighted by Crippen LogP contribution is -2.68. The van der Waals surface area contributed by atoms with Crippen molar-refractivity contribution in [3.8, 4) is 0 Å². The first kappa shape index (κ1) is 6.55. The summed E-state index contributed by atoms with van der Waals surface area (Å²) in [5, 5.41) is 3.58. The van der Waals surface area contributed by atoms with Crippen LogP contribution >= 0.6 is 0 Å². The molecule has 0 unspecified atom stereocenters. The normalized spacial score (nSPS) is 25.4. The van der Waals surface area contributed by atoms with Gasteiger partial charge in [0.15, 0.2) is 0 Å². The summed E-state index contributed by atoms with van der Waals surface area (Å²) in [6, 6.07) is 0. The maximum Gasteiger partial charge on any atom is 0.224 e. The molecular formula is C6H12N2O. The van der Waals surface area contributed by atoms with Crippen molar-refractivity contribution in [1.82, 2.24) is 10.0 Å². The van der Waals surface area contributed by atoms with E-state index in [1.165, 1.54) is 0 Å². The van der Waals surface area contributed by atoms with E-state index >= 15 is 0 Å². The van der Waals surface area contributed by atoms with Crippen LogP contribution < -0.4 is 0 Å². The van der Waals surface area contributed by atoms with Gasteiger partial charge in [-0.25, -0.2) is 5.01 Å². The van der Waals surface area contributed by atoms with Gasteiger partial charge in [-0.1, -0.05) is 0 Å². The summed E-state index contributed by atoms with van der Waals surface area (Å²) in [7, 11) is 1.90. The van der Waals surface area contributed by atoms with Gasteiger partial charge in [-0.05, 0) is 13.8 Å². The van der Waals surface area contributed by atoms with Gasteiger partial charge in [0.2, 0.25) is 6.41 Å². The Morgan fingerprint density at radius 2 is 2.11 bits per heavy atom. The van der Waals surface area contributed by atoms with Gasteiger partial charge in [0.25, 0.3) is 0 Å². The molecule has 0 spiro atoms. The molecule has 0 aromatic heterocycles. The molecule has 0 N–H and O–H groups in total. The van der Waals surface area contributed by atoms with Crippen LogP contribution in [-0.4, -0.2) is 35.6 Å². The molecule has 3 heteroatoms. The monoisotopic (exact) mass is 128 g/mol. The number of hydrazine groups is 1. The molecule has 3 nitrogen and oxygen atoms in total.